The molecule has 0 unspecified atom stereocenters. The Morgan fingerprint density at radius 1 is 1.22 bits per heavy atom. The second-order valence-electron chi connectivity index (χ2n) is 5.55. The van der Waals surface area contributed by atoms with Crippen molar-refractivity contribution in [2.45, 2.75) is 52.4 Å². The smallest absolute Gasteiger partial charge is 0.184 e. The molecule has 0 radical (unpaired) electrons. The zero-order chi connectivity index (χ0) is 17.1. The van der Waals surface area contributed by atoms with E-state index >= 15 is 0 Å². The number of nitrogen functional groups attached to an aromatic ring is 1. The monoisotopic (exact) mass is 336 g/mol. The molecule has 0 saturated carbocycles. The zero-order valence-electron chi connectivity index (χ0n) is 14.1. The van der Waals surface area contributed by atoms with Gasteiger partial charge in [-0.05, 0) is 43.8 Å². The number of benzene rings is 1. The summed E-state index contributed by atoms with van der Waals surface area (Å²) in [5.74, 6) is 0.777. The van der Waals surface area contributed by atoms with Gasteiger partial charge in [0, 0.05) is 11.3 Å². The Kier molecular flexibility index (Phi) is 9.05. The van der Waals surface area contributed by atoms with E-state index in [-0.39, 0.29) is 5.11 Å². The number of thiocarbonyl (C=S) groups is 1. The molecule has 1 aromatic carbocycles. The maximum atomic E-state index is 5.90. The molecule has 0 amide bonds. The number of anilines is 1. The van der Waals surface area contributed by atoms with Crippen molar-refractivity contribution in [2.75, 3.05) is 12.3 Å². The minimum atomic E-state index is 0.128. The predicted molar refractivity (Wildman–Crippen MR) is 102 cm³/mol. The molecule has 0 aromatic heterocycles. The largest absolute Gasteiger partial charge is 0.493 e. The fraction of sp³-hybridized carbons (Fsp3) is 0.529. The third-order valence-corrected chi connectivity index (χ3v) is 3.57. The summed E-state index contributed by atoms with van der Waals surface area (Å²) in [4.78, 5) is 0. The molecule has 0 fully saturated rings. The van der Waals surface area contributed by atoms with Gasteiger partial charge in [0.05, 0.1) is 12.3 Å². The van der Waals surface area contributed by atoms with Gasteiger partial charge >= 0.3 is 0 Å². The van der Waals surface area contributed by atoms with Gasteiger partial charge in [-0.3, -0.25) is 5.43 Å². The van der Waals surface area contributed by atoms with Crippen LogP contribution < -0.4 is 21.6 Å². The van der Waals surface area contributed by atoms with Crippen LogP contribution in [0.5, 0.6) is 5.75 Å². The van der Waals surface area contributed by atoms with E-state index in [9.17, 15) is 0 Å². The van der Waals surface area contributed by atoms with E-state index in [0.29, 0.717) is 12.3 Å². The first-order valence-corrected chi connectivity index (χ1v) is 8.57. The summed E-state index contributed by atoms with van der Waals surface area (Å²) in [6.45, 7) is 4.78. The maximum Gasteiger partial charge on any atom is 0.184 e. The lowest BCUT2D eigenvalue weighted by molar-refractivity contribution is 0.304. The van der Waals surface area contributed by atoms with Crippen molar-refractivity contribution < 1.29 is 4.74 Å². The average Bonchev–Trinajstić information content (AvgIpc) is 2.52. The number of nitrogens with two attached hydrogens (primary N) is 2. The van der Waals surface area contributed by atoms with Crippen molar-refractivity contribution in [3.63, 3.8) is 0 Å². The van der Waals surface area contributed by atoms with Gasteiger partial charge in [-0.1, -0.05) is 39.0 Å². The molecule has 5 nitrogen and oxygen atoms in total. The van der Waals surface area contributed by atoms with E-state index in [1.807, 2.05) is 25.1 Å². The molecule has 128 valence electrons. The molecule has 23 heavy (non-hydrogen) atoms. The molecule has 0 saturated heterocycles. The third kappa shape index (κ3) is 7.83. The first kappa shape index (κ1) is 19.2. The molecular weight excluding hydrogens is 308 g/mol. The SMILES string of the molecule is CCCCCCCCOc1ccc(N)cc1/C(C)=N\NC(N)=S. The summed E-state index contributed by atoms with van der Waals surface area (Å²) < 4.78 is 5.90. The van der Waals surface area contributed by atoms with Crippen LogP contribution in [0.4, 0.5) is 5.69 Å². The second kappa shape index (κ2) is 10.8. The number of nitrogens with zero attached hydrogens (tertiary/aromatic N) is 1. The van der Waals surface area contributed by atoms with E-state index in [1.165, 1.54) is 32.1 Å². The summed E-state index contributed by atoms with van der Waals surface area (Å²) in [6.07, 6.45) is 7.40. The molecule has 0 atom stereocenters. The van der Waals surface area contributed by atoms with E-state index in [2.05, 4.69) is 17.5 Å². The molecule has 0 aliphatic rings. The van der Waals surface area contributed by atoms with Crippen molar-refractivity contribution in [1.82, 2.24) is 5.43 Å². The molecule has 1 aromatic rings. The Bertz CT molecular complexity index is 531. The summed E-state index contributed by atoms with van der Waals surface area (Å²) in [5, 5.41) is 4.27. The number of hydrogen-bond acceptors (Lipinski definition) is 4. The summed E-state index contributed by atoms with van der Waals surface area (Å²) in [7, 11) is 0. The topological polar surface area (TPSA) is 85.7 Å². The zero-order valence-corrected chi connectivity index (χ0v) is 14.9. The minimum Gasteiger partial charge on any atom is -0.493 e. The van der Waals surface area contributed by atoms with E-state index in [0.717, 1.165) is 23.4 Å². The first-order chi connectivity index (χ1) is 11.0. The third-order valence-electron chi connectivity index (χ3n) is 3.48. The van der Waals surface area contributed by atoms with Gasteiger partial charge < -0.3 is 16.2 Å². The van der Waals surface area contributed by atoms with Crippen LogP contribution in [0.2, 0.25) is 0 Å². The lowest BCUT2D eigenvalue weighted by Gasteiger charge is -2.12. The van der Waals surface area contributed by atoms with Crippen LogP contribution >= 0.6 is 12.2 Å². The number of rotatable bonds is 10. The normalized spacial score (nSPS) is 11.3. The molecule has 1 rings (SSSR count). The Hall–Kier alpha value is -1.82. The van der Waals surface area contributed by atoms with Crippen molar-refractivity contribution in [2.24, 2.45) is 10.8 Å². The van der Waals surface area contributed by atoms with E-state index in [1.54, 1.807) is 0 Å². The van der Waals surface area contributed by atoms with Crippen molar-refractivity contribution in [3.8, 4) is 5.75 Å². The number of unbranched alkanes of at least 4 members (excludes halogenated alkanes) is 5. The first-order valence-electron chi connectivity index (χ1n) is 8.17. The quantitative estimate of drug-likeness (QED) is 0.200. The number of nitrogens with one attached hydrogen (secondary N) is 1. The Morgan fingerprint density at radius 3 is 2.61 bits per heavy atom. The van der Waals surface area contributed by atoms with Gasteiger partial charge in [0.1, 0.15) is 5.75 Å². The molecule has 0 aliphatic heterocycles. The molecule has 0 aliphatic carbocycles. The molecule has 6 heteroatoms. The number of hydrogen-bond donors (Lipinski definition) is 3. The summed E-state index contributed by atoms with van der Waals surface area (Å²) >= 11 is 4.76. The van der Waals surface area contributed by atoms with Crippen LogP contribution in [0.25, 0.3) is 0 Å². The highest BCUT2D eigenvalue weighted by atomic mass is 32.1. The predicted octanol–water partition coefficient (Wildman–Crippen LogP) is 3.57. The lowest BCUT2D eigenvalue weighted by atomic mass is 10.1. The van der Waals surface area contributed by atoms with Crippen LogP contribution in [0.15, 0.2) is 23.3 Å². The molecule has 0 heterocycles. The highest BCUT2D eigenvalue weighted by molar-refractivity contribution is 7.80. The van der Waals surface area contributed by atoms with Gasteiger partial charge in [0.25, 0.3) is 0 Å². The maximum absolute atomic E-state index is 5.90. The molecule has 5 N–H and O–H groups in total. The van der Waals surface area contributed by atoms with Gasteiger partial charge in [0.2, 0.25) is 0 Å². The van der Waals surface area contributed by atoms with Crippen LogP contribution in [-0.4, -0.2) is 17.4 Å². The summed E-state index contributed by atoms with van der Waals surface area (Å²) in [5.41, 5.74) is 16.1. The van der Waals surface area contributed by atoms with E-state index < -0.39 is 0 Å². The molecular formula is C17H28N4OS. The average molecular weight is 337 g/mol. The Labute approximate surface area is 144 Å². The minimum absolute atomic E-state index is 0.128. The fourth-order valence-corrected chi connectivity index (χ4v) is 2.27. The molecule has 0 bridgehead atoms. The van der Waals surface area contributed by atoms with Crippen molar-refractivity contribution in [3.05, 3.63) is 23.8 Å². The van der Waals surface area contributed by atoms with Gasteiger partial charge in [-0.25, -0.2) is 0 Å². The highest BCUT2D eigenvalue weighted by Gasteiger charge is 2.08. The second-order valence-corrected chi connectivity index (χ2v) is 5.98. The number of hydrazone groups is 1. The highest BCUT2D eigenvalue weighted by Crippen LogP contribution is 2.22. The Balaban J connectivity index is 2.57. The summed E-state index contributed by atoms with van der Waals surface area (Å²) in [6, 6.07) is 5.55. The van der Waals surface area contributed by atoms with Gasteiger partial charge in [-0.15, -0.1) is 0 Å². The Morgan fingerprint density at radius 2 is 1.91 bits per heavy atom. The van der Waals surface area contributed by atoms with Gasteiger partial charge in [-0.2, -0.15) is 5.10 Å². The van der Waals surface area contributed by atoms with E-state index in [4.69, 9.17) is 28.4 Å². The molecule has 0 spiro atoms. The van der Waals surface area contributed by atoms with Crippen LogP contribution in [0, 0.1) is 0 Å². The van der Waals surface area contributed by atoms with Crippen LogP contribution in [0.1, 0.15) is 57.9 Å². The van der Waals surface area contributed by atoms with Crippen LogP contribution in [-0.2, 0) is 0 Å². The van der Waals surface area contributed by atoms with Crippen LogP contribution in [0.3, 0.4) is 0 Å². The lowest BCUT2D eigenvalue weighted by Crippen LogP contribution is -2.25. The van der Waals surface area contributed by atoms with Gasteiger partial charge in [0.15, 0.2) is 5.11 Å². The van der Waals surface area contributed by atoms with Crippen molar-refractivity contribution in [1.29, 1.82) is 0 Å². The van der Waals surface area contributed by atoms with Crippen molar-refractivity contribution >= 4 is 28.7 Å². The number of ether oxygens (including phenoxy) is 1. The fourth-order valence-electron chi connectivity index (χ4n) is 2.22. The standard InChI is InChI=1S/C17H28N4OS/c1-3-4-5-6-7-8-11-22-16-10-9-14(18)12-15(16)13(2)20-21-17(19)23/h9-10,12H,3-8,11,18H2,1-2H3,(H3,19,21,23)/b20-13-.